The Morgan fingerprint density at radius 2 is 2.11 bits per heavy atom. The minimum atomic E-state index is -0.483. The Labute approximate surface area is 102 Å². The van der Waals surface area contributed by atoms with Crippen LogP contribution in [0.2, 0.25) is 0 Å². The molecule has 3 aromatic rings. The number of rotatable bonds is 2. The highest BCUT2D eigenvalue weighted by molar-refractivity contribution is 5.78. The summed E-state index contributed by atoms with van der Waals surface area (Å²) in [6.07, 6.45) is 3.04. The highest BCUT2D eigenvalue weighted by Crippen LogP contribution is 2.26. The number of fused-ring (bicyclic) bond motifs is 1. The number of benzene rings is 1. The maximum absolute atomic E-state index is 13.1. The van der Waals surface area contributed by atoms with Gasteiger partial charge in [0, 0.05) is 11.6 Å². The zero-order valence-corrected chi connectivity index (χ0v) is 9.38. The zero-order valence-electron chi connectivity index (χ0n) is 9.38. The molecule has 0 spiro atoms. The van der Waals surface area contributed by atoms with Crippen LogP contribution < -0.4 is 5.73 Å². The summed E-state index contributed by atoms with van der Waals surface area (Å²) < 4.78 is 18.7. The van der Waals surface area contributed by atoms with Gasteiger partial charge < -0.3 is 10.2 Å². The van der Waals surface area contributed by atoms with Gasteiger partial charge in [-0.25, -0.2) is 14.4 Å². The summed E-state index contributed by atoms with van der Waals surface area (Å²) in [4.78, 5) is 7.90. The fourth-order valence-corrected chi connectivity index (χ4v) is 1.82. The number of hydrogen-bond acceptors (Lipinski definition) is 4. The number of hydrogen-bond donors (Lipinski definition) is 1. The van der Waals surface area contributed by atoms with Gasteiger partial charge in [-0.2, -0.15) is 0 Å². The first-order valence-corrected chi connectivity index (χ1v) is 5.44. The first-order valence-electron chi connectivity index (χ1n) is 5.44. The van der Waals surface area contributed by atoms with Crippen molar-refractivity contribution in [3.63, 3.8) is 0 Å². The third-order valence-electron chi connectivity index (χ3n) is 2.73. The Morgan fingerprint density at radius 1 is 1.22 bits per heavy atom. The smallest absolute Gasteiger partial charge is 0.134 e. The van der Waals surface area contributed by atoms with Crippen LogP contribution >= 0.6 is 0 Å². The van der Waals surface area contributed by atoms with Crippen molar-refractivity contribution in [1.29, 1.82) is 0 Å². The lowest BCUT2D eigenvalue weighted by Crippen LogP contribution is -2.12. The molecule has 0 bridgehead atoms. The fraction of sp³-hybridized carbons (Fsp3) is 0.0769. The molecule has 2 aromatic heterocycles. The van der Waals surface area contributed by atoms with Gasteiger partial charge in [0.2, 0.25) is 0 Å². The monoisotopic (exact) mass is 243 g/mol. The highest BCUT2D eigenvalue weighted by atomic mass is 19.1. The topological polar surface area (TPSA) is 64.9 Å². The van der Waals surface area contributed by atoms with Crippen LogP contribution in [0.5, 0.6) is 0 Å². The lowest BCUT2D eigenvalue weighted by molar-refractivity contribution is 0.520. The maximum atomic E-state index is 13.1. The van der Waals surface area contributed by atoms with Crippen LogP contribution in [0.4, 0.5) is 4.39 Å². The number of furan rings is 1. The first kappa shape index (κ1) is 10.9. The van der Waals surface area contributed by atoms with E-state index in [2.05, 4.69) is 9.97 Å². The summed E-state index contributed by atoms with van der Waals surface area (Å²) in [7, 11) is 0. The van der Waals surface area contributed by atoms with Gasteiger partial charge in [-0.15, -0.1) is 0 Å². The molecule has 3 rings (SSSR count). The van der Waals surface area contributed by atoms with Gasteiger partial charge in [0.05, 0.1) is 5.69 Å². The summed E-state index contributed by atoms with van der Waals surface area (Å²) in [5.74, 6) is 0.250. The summed E-state index contributed by atoms with van der Waals surface area (Å²) in [6, 6.07) is 7.31. The molecule has 0 aliphatic heterocycles. The van der Waals surface area contributed by atoms with E-state index in [1.54, 1.807) is 24.4 Å². The van der Waals surface area contributed by atoms with Crippen LogP contribution in [0, 0.1) is 5.82 Å². The number of aromatic nitrogens is 2. The first-order chi connectivity index (χ1) is 8.74. The van der Waals surface area contributed by atoms with E-state index in [4.69, 9.17) is 10.2 Å². The number of halogens is 1. The van der Waals surface area contributed by atoms with Crippen molar-refractivity contribution in [3.8, 4) is 0 Å². The Balaban J connectivity index is 2.04. The highest BCUT2D eigenvalue weighted by Gasteiger charge is 2.15. The third kappa shape index (κ3) is 1.84. The average molecular weight is 243 g/mol. The van der Waals surface area contributed by atoms with Crippen molar-refractivity contribution < 1.29 is 8.81 Å². The van der Waals surface area contributed by atoms with Gasteiger partial charge in [0.1, 0.15) is 29.5 Å². The third-order valence-corrected chi connectivity index (χ3v) is 2.73. The van der Waals surface area contributed by atoms with Crippen molar-refractivity contribution in [2.45, 2.75) is 6.04 Å². The SMILES string of the molecule is NC(c1ccncn1)c1cc2cc(F)ccc2o1. The molecule has 0 aliphatic rings. The molecule has 1 atom stereocenters. The van der Waals surface area contributed by atoms with Crippen LogP contribution in [0.15, 0.2) is 47.3 Å². The van der Waals surface area contributed by atoms with E-state index < -0.39 is 6.04 Å². The second-order valence-electron chi connectivity index (χ2n) is 3.94. The van der Waals surface area contributed by atoms with E-state index in [0.717, 1.165) is 0 Å². The molecule has 5 heteroatoms. The minimum Gasteiger partial charge on any atom is -0.459 e. The molecule has 0 amide bonds. The second-order valence-corrected chi connectivity index (χ2v) is 3.94. The van der Waals surface area contributed by atoms with E-state index in [0.29, 0.717) is 22.4 Å². The molecular weight excluding hydrogens is 233 g/mol. The van der Waals surface area contributed by atoms with Gasteiger partial charge in [0.15, 0.2) is 0 Å². The molecule has 1 aromatic carbocycles. The Kier molecular flexibility index (Phi) is 2.53. The molecule has 1 unspecified atom stereocenters. The maximum Gasteiger partial charge on any atom is 0.134 e. The predicted octanol–water partition coefficient (Wildman–Crippen LogP) is 2.41. The molecule has 0 saturated heterocycles. The van der Waals surface area contributed by atoms with Crippen molar-refractivity contribution in [2.24, 2.45) is 5.73 Å². The van der Waals surface area contributed by atoms with Crippen LogP contribution in [0.1, 0.15) is 17.5 Å². The summed E-state index contributed by atoms with van der Waals surface area (Å²) in [5, 5.41) is 0.689. The summed E-state index contributed by atoms with van der Waals surface area (Å²) in [5.41, 5.74) is 7.30. The molecule has 90 valence electrons. The van der Waals surface area contributed by atoms with E-state index in [1.807, 2.05) is 0 Å². The normalized spacial score (nSPS) is 12.8. The standard InChI is InChI=1S/C13H10FN3O/c14-9-1-2-11-8(5-9)6-12(18-11)13(15)10-3-4-16-7-17-10/h1-7,13H,15H2. The lowest BCUT2D eigenvalue weighted by atomic mass is 10.1. The van der Waals surface area contributed by atoms with Crippen LogP contribution in [-0.2, 0) is 0 Å². The largest absolute Gasteiger partial charge is 0.459 e. The summed E-state index contributed by atoms with van der Waals surface area (Å²) >= 11 is 0. The van der Waals surface area contributed by atoms with E-state index in [1.165, 1.54) is 18.5 Å². The van der Waals surface area contributed by atoms with Crippen molar-refractivity contribution in [1.82, 2.24) is 9.97 Å². The second kappa shape index (κ2) is 4.19. The van der Waals surface area contributed by atoms with Crippen molar-refractivity contribution >= 4 is 11.0 Å². The summed E-state index contributed by atoms with van der Waals surface area (Å²) in [6.45, 7) is 0. The molecule has 0 aliphatic carbocycles. The quantitative estimate of drug-likeness (QED) is 0.750. The van der Waals surface area contributed by atoms with Gasteiger partial charge in [-0.1, -0.05) is 0 Å². The van der Waals surface area contributed by atoms with Crippen LogP contribution in [0.25, 0.3) is 11.0 Å². The fourth-order valence-electron chi connectivity index (χ4n) is 1.82. The van der Waals surface area contributed by atoms with Crippen molar-refractivity contribution in [2.75, 3.05) is 0 Å². The van der Waals surface area contributed by atoms with Gasteiger partial charge >= 0.3 is 0 Å². The van der Waals surface area contributed by atoms with Crippen LogP contribution in [0.3, 0.4) is 0 Å². The predicted molar refractivity (Wildman–Crippen MR) is 64.2 cm³/mol. The van der Waals surface area contributed by atoms with Gasteiger partial charge in [-0.05, 0) is 30.3 Å². The molecule has 0 fully saturated rings. The average Bonchev–Trinajstić information content (AvgIpc) is 2.81. The van der Waals surface area contributed by atoms with E-state index in [-0.39, 0.29) is 5.82 Å². The van der Waals surface area contributed by atoms with E-state index in [9.17, 15) is 4.39 Å². The Morgan fingerprint density at radius 3 is 2.89 bits per heavy atom. The van der Waals surface area contributed by atoms with Crippen LogP contribution in [-0.4, -0.2) is 9.97 Å². The Bertz CT molecular complexity index is 681. The minimum absolute atomic E-state index is 0.301. The van der Waals surface area contributed by atoms with Crippen molar-refractivity contribution in [3.05, 3.63) is 60.1 Å². The van der Waals surface area contributed by atoms with Gasteiger partial charge in [-0.3, -0.25) is 0 Å². The molecule has 2 heterocycles. The molecule has 0 radical (unpaired) electrons. The van der Waals surface area contributed by atoms with Gasteiger partial charge in [0.25, 0.3) is 0 Å². The van der Waals surface area contributed by atoms with E-state index >= 15 is 0 Å². The lowest BCUT2D eigenvalue weighted by Gasteiger charge is -2.06. The molecule has 4 nitrogen and oxygen atoms in total. The zero-order chi connectivity index (χ0) is 12.5. The number of nitrogens with zero attached hydrogens (tertiary/aromatic N) is 2. The Hall–Kier alpha value is -2.27. The molecule has 0 saturated carbocycles. The molecule has 2 N–H and O–H groups in total. The molecular formula is C13H10FN3O. The number of nitrogens with two attached hydrogens (primary N) is 1. The molecule has 18 heavy (non-hydrogen) atoms.